The Hall–Kier alpha value is -4.44. The molecule has 0 saturated carbocycles. The zero-order valence-electron chi connectivity index (χ0n) is 22.1. The normalized spacial score (nSPS) is 11.5. The summed E-state index contributed by atoms with van der Waals surface area (Å²) in [5, 5.41) is 4.04. The molecule has 4 rings (SSSR count). The number of carbonyl (C=O) groups excluding carboxylic acids is 1. The molecule has 1 amide bonds. The standard InChI is InChI=1S/C29H29FN4O4S/c1-20-12-14-26(15-13-20)39(36,37)33(24-8-7-9-25(17-24)38-4)19-29(35)32-31-18-23-16-21(2)34(22(23)3)28-11-6-5-10-27(28)30/h5-18H,19H2,1-4H3,(H,32,35)/b31-18+. The Morgan fingerprint density at radius 2 is 1.74 bits per heavy atom. The number of amides is 1. The molecule has 202 valence electrons. The highest BCUT2D eigenvalue weighted by Crippen LogP contribution is 2.27. The van der Waals surface area contributed by atoms with Crippen molar-refractivity contribution in [3.8, 4) is 11.4 Å². The van der Waals surface area contributed by atoms with Crippen molar-refractivity contribution in [1.29, 1.82) is 0 Å². The van der Waals surface area contributed by atoms with Crippen LogP contribution in [0.15, 0.2) is 88.9 Å². The lowest BCUT2D eigenvalue weighted by molar-refractivity contribution is -0.119. The van der Waals surface area contributed by atoms with E-state index in [0.29, 0.717) is 17.0 Å². The van der Waals surface area contributed by atoms with Crippen LogP contribution in [-0.2, 0) is 14.8 Å². The third-order valence-electron chi connectivity index (χ3n) is 6.19. The Morgan fingerprint density at radius 3 is 2.44 bits per heavy atom. The van der Waals surface area contributed by atoms with Gasteiger partial charge in [0, 0.05) is 23.0 Å². The molecule has 1 heterocycles. The predicted molar refractivity (Wildman–Crippen MR) is 150 cm³/mol. The van der Waals surface area contributed by atoms with Crippen molar-refractivity contribution in [1.82, 2.24) is 9.99 Å². The van der Waals surface area contributed by atoms with E-state index in [9.17, 15) is 17.6 Å². The smallest absolute Gasteiger partial charge is 0.264 e. The quantitative estimate of drug-likeness (QED) is 0.238. The molecular formula is C29H29FN4O4S. The van der Waals surface area contributed by atoms with Gasteiger partial charge in [0.2, 0.25) is 0 Å². The lowest BCUT2D eigenvalue weighted by Gasteiger charge is -2.24. The number of hydrazone groups is 1. The van der Waals surface area contributed by atoms with Crippen LogP contribution in [0.4, 0.5) is 10.1 Å². The van der Waals surface area contributed by atoms with Gasteiger partial charge in [0.25, 0.3) is 15.9 Å². The predicted octanol–water partition coefficient (Wildman–Crippen LogP) is 4.90. The van der Waals surface area contributed by atoms with Crippen LogP contribution in [0.2, 0.25) is 0 Å². The molecule has 0 radical (unpaired) electrons. The van der Waals surface area contributed by atoms with Gasteiger partial charge in [0.1, 0.15) is 18.1 Å². The van der Waals surface area contributed by atoms with E-state index in [2.05, 4.69) is 10.5 Å². The van der Waals surface area contributed by atoms with Gasteiger partial charge in [-0.3, -0.25) is 9.10 Å². The summed E-state index contributed by atoms with van der Waals surface area (Å²) < 4.78 is 49.5. The van der Waals surface area contributed by atoms with Gasteiger partial charge in [-0.2, -0.15) is 5.10 Å². The van der Waals surface area contributed by atoms with Gasteiger partial charge >= 0.3 is 0 Å². The minimum Gasteiger partial charge on any atom is -0.497 e. The van der Waals surface area contributed by atoms with Crippen LogP contribution >= 0.6 is 0 Å². The highest BCUT2D eigenvalue weighted by molar-refractivity contribution is 7.92. The van der Waals surface area contributed by atoms with Gasteiger partial charge in [0.15, 0.2) is 0 Å². The summed E-state index contributed by atoms with van der Waals surface area (Å²) in [4.78, 5) is 13.0. The Labute approximate surface area is 227 Å². The third-order valence-corrected chi connectivity index (χ3v) is 7.98. The van der Waals surface area contributed by atoms with Crippen molar-refractivity contribution in [2.45, 2.75) is 25.7 Å². The Kier molecular flexibility index (Phi) is 8.15. The average molecular weight is 549 g/mol. The number of rotatable bonds is 9. The molecule has 1 aromatic heterocycles. The molecule has 8 nitrogen and oxygen atoms in total. The van der Waals surface area contributed by atoms with Crippen LogP contribution in [-0.4, -0.2) is 38.8 Å². The molecule has 0 saturated heterocycles. The number of aromatic nitrogens is 1. The first-order valence-corrected chi connectivity index (χ1v) is 13.5. The lowest BCUT2D eigenvalue weighted by Crippen LogP contribution is -2.39. The number of hydrogen-bond acceptors (Lipinski definition) is 5. The number of para-hydroxylation sites is 1. The summed E-state index contributed by atoms with van der Waals surface area (Å²) in [5.41, 5.74) is 6.19. The van der Waals surface area contributed by atoms with Crippen molar-refractivity contribution in [2.24, 2.45) is 5.10 Å². The minimum absolute atomic E-state index is 0.0489. The van der Waals surface area contributed by atoms with Crippen molar-refractivity contribution in [3.05, 3.63) is 107 Å². The van der Waals surface area contributed by atoms with E-state index in [1.54, 1.807) is 59.2 Å². The Morgan fingerprint density at radius 1 is 1.03 bits per heavy atom. The molecule has 0 unspecified atom stereocenters. The van der Waals surface area contributed by atoms with Crippen LogP contribution < -0.4 is 14.5 Å². The van der Waals surface area contributed by atoms with Crippen LogP contribution in [0, 0.1) is 26.6 Å². The number of aryl methyl sites for hydroxylation is 2. The summed E-state index contributed by atoms with van der Waals surface area (Å²) in [6.45, 7) is 5.00. The minimum atomic E-state index is -4.09. The van der Waals surface area contributed by atoms with Crippen LogP contribution in [0.5, 0.6) is 5.75 Å². The summed E-state index contributed by atoms with van der Waals surface area (Å²) >= 11 is 0. The number of hydrogen-bond donors (Lipinski definition) is 1. The Bertz CT molecular complexity index is 1630. The topological polar surface area (TPSA) is 93.0 Å². The molecule has 4 aromatic rings. The second-order valence-corrected chi connectivity index (χ2v) is 10.8. The van der Waals surface area contributed by atoms with E-state index in [4.69, 9.17) is 4.74 Å². The number of ether oxygens (including phenoxy) is 1. The lowest BCUT2D eigenvalue weighted by atomic mass is 10.2. The molecule has 0 bridgehead atoms. The van der Waals surface area contributed by atoms with Crippen molar-refractivity contribution in [3.63, 3.8) is 0 Å². The second kappa shape index (κ2) is 11.5. The van der Waals surface area contributed by atoms with E-state index in [-0.39, 0.29) is 16.4 Å². The van der Waals surface area contributed by atoms with Gasteiger partial charge in [-0.05, 0) is 63.2 Å². The second-order valence-electron chi connectivity index (χ2n) is 8.93. The number of benzene rings is 3. The molecular weight excluding hydrogens is 519 g/mol. The number of nitrogens with one attached hydrogen (secondary N) is 1. The van der Waals surface area contributed by atoms with E-state index in [1.807, 2.05) is 26.8 Å². The SMILES string of the molecule is COc1cccc(N(CC(=O)N/N=C/c2cc(C)n(-c3ccccc3F)c2C)S(=O)(=O)c2ccc(C)cc2)c1. The fourth-order valence-electron chi connectivity index (χ4n) is 4.18. The molecule has 0 aliphatic heterocycles. The highest BCUT2D eigenvalue weighted by atomic mass is 32.2. The number of sulfonamides is 1. The maximum atomic E-state index is 14.4. The van der Waals surface area contributed by atoms with Crippen molar-refractivity contribution >= 4 is 27.8 Å². The number of halogens is 1. The van der Waals surface area contributed by atoms with Gasteiger partial charge in [-0.25, -0.2) is 18.2 Å². The number of anilines is 1. The van der Waals surface area contributed by atoms with E-state index in [1.165, 1.54) is 31.5 Å². The monoisotopic (exact) mass is 548 g/mol. The molecule has 3 aromatic carbocycles. The third kappa shape index (κ3) is 6.01. The van der Waals surface area contributed by atoms with Gasteiger partial charge in [0.05, 0.1) is 29.6 Å². The van der Waals surface area contributed by atoms with Gasteiger partial charge in [-0.15, -0.1) is 0 Å². The fraction of sp³-hybridized carbons (Fsp3) is 0.172. The van der Waals surface area contributed by atoms with E-state index in [0.717, 1.165) is 21.3 Å². The average Bonchev–Trinajstić information content (AvgIpc) is 3.20. The maximum Gasteiger partial charge on any atom is 0.264 e. The summed E-state index contributed by atoms with van der Waals surface area (Å²) in [7, 11) is -2.61. The molecule has 39 heavy (non-hydrogen) atoms. The zero-order chi connectivity index (χ0) is 28.2. The number of nitrogens with zero attached hydrogens (tertiary/aromatic N) is 3. The molecule has 0 aliphatic rings. The maximum absolute atomic E-state index is 14.4. The number of methoxy groups -OCH3 is 1. The molecule has 1 N–H and O–H groups in total. The Balaban J connectivity index is 1.57. The van der Waals surface area contributed by atoms with Crippen LogP contribution in [0.3, 0.4) is 0 Å². The highest BCUT2D eigenvalue weighted by Gasteiger charge is 2.27. The molecule has 0 aliphatic carbocycles. The zero-order valence-corrected chi connectivity index (χ0v) is 22.9. The first-order valence-electron chi connectivity index (χ1n) is 12.1. The van der Waals surface area contributed by atoms with Crippen LogP contribution in [0.25, 0.3) is 5.69 Å². The molecule has 0 atom stereocenters. The molecule has 0 spiro atoms. The summed E-state index contributed by atoms with van der Waals surface area (Å²) in [6, 6.07) is 21.1. The first-order chi connectivity index (χ1) is 18.6. The summed E-state index contributed by atoms with van der Waals surface area (Å²) in [5.74, 6) is -0.559. The van der Waals surface area contributed by atoms with Crippen molar-refractivity contribution in [2.75, 3.05) is 18.0 Å². The molecule has 10 heteroatoms. The van der Waals surface area contributed by atoms with Crippen LogP contribution in [0.1, 0.15) is 22.5 Å². The molecule has 0 fully saturated rings. The van der Waals surface area contributed by atoms with Gasteiger partial charge < -0.3 is 9.30 Å². The van der Waals surface area contributed by atoms with Gasteiger partial charge in [-0.1, -0.05) is 35.9 Å². The van der Waals surface area contributed by atoms with E-state index < -0.39 is 22.5 Å². The fourth-order valence-corrected chi connectivity index (χ4v) is 5.59. The number of carbonyl (C=O) groups is 1. The van der Waals surface area contributed by atoms with Crippen molar-refractivity contribution < 1.29 is 22.3 Å². The van der Waals surface area contributed by atoms with E-state index >= 15 is 0 Å². The summed E-state index contributed by atoms with van der Waals surface area (Å²) in [6.07, 6.45) is 1.45. The first kappa shape index (κ1) is 27.6. The largest absolute Gasteiger partial charge is 0.497 e.